The van der Waals surface area contributed by atoms with Crippen LogP contribution in [-0.4, -0.2) is 50.1 Å². The summed E-state index contributed by atoms with van der Waals surface area (Å²) in [5.41, 5.74) is 4.52. The van der Waals surface area contributed by atoms with Crippen molar-refractivity contribution in [1.82, 2.24) is 9.88 Å². The smallest absolute Gasteiger partial charge is 0.265 e. The molecule has 9 heteroatoms. The number of aryl methyl sites for hydroxylation is 1. The molecule has 1 aliphatic rings. The van der Waals surface area contributed by atoms with Crippen molar-refractivity contribution in [2.45, 2.75) is 57.1 Å². The summed E-state index contributed by atoms with van der Waals surface area (Å²) in [4.78, 5) is 7.03. The van der Waals surface area contributed by atoms with Crippen LogP contribution in [-0.2, 0) is 16.6 Å². The first-order valence-electron chi connectivity index (χ1n) is 11.7. The first-order valence-corrected chi connectivity index (χ1v) is 14.1. The second kappa shape index (κ2) is 10.2. The first kappa shape index (κ1) is 25.5. The molecular weight excluding hydrogens is 480 g/mol. The van der Waals surface area contributed by atoms with E-state index in [0.29, 0.717) is 11.9 Å². The number of likely N-dealkylation sites (tertiary alicyclic amines) is 1. The van der Waals surface area contributed by atoms with Gasteiger partial charge in [0.2, 0.25) is 0 Å². The van der Waals surface area contributed by atoms with Crippen molar-refractivity contribution < 1.29 is 13.2 Å². The summed E-state index contributed by atoms with van der Waals surface area (Å²) in [5.74, 6) is 1.14. The largest absolute Gasteiger partial charge is 0.497 e. The molecule has 2 aromatic carbocycles. The minimum absolute atomic E-state index is 0.145. The van der Waals surface area contributed by atoms with E-state index in [1.807, 2.05) is 37.3 Å². The second-order valence-corrected chi connectivity index (χ2v) is 12.5. The normalized spacial score (nSPS) is 16.9. The lowest BCUT2D eigenvalue weighted by Crippen LogP contribution is -2.40. The van der Waals surface area contributed by atoms with Gasteiger partial charge in [-0.3, -0.25) is 4.90 Å². The molecule has 1 fully saturated rings. The first-order chi connectivity index (χ1) is 16.6. The van der Waals surface area contributed by atoms with Crippen LogP contribution in [0.15, 0.2) is 58.3 Å². The number of hydrogen-bond donors (Lipinski definition) is 1. The van der Waals surface area contributed by atoms with Crippen LogP contribution >= 0.6 is 11.3 Å². The van der Waals surface area contributed by atoms with Crippen molar-refractivity contribution >= 4 is 32.9 Å². The number of aromatic nitrogens is 1. The maximum absolute atomic E-state index is 13.8. The summed E-state index contributed by atoms with van der Waals surface area (Å²) in [6, 6.07) is 13.1. The third-order valence-corrected chi connectivity index (χ3v) is 8.76. The van der Waals surface area contributed by atoms with Gasteiger partial charge in [-0.25, -0.2) is 17.7 Å². The van der Waals surface area contributed by atoms with Gasteiger partial charge in [-0.05, 0) is 75.6 Å². The molecule has 0 unspecified atom stereocenters. The van der Waals surface area contributed by atoms with Crippen LogP contribution < -0.4 is 14.4 Å². The van der Waals surface area contributed by atoms with Crippen molar-refractivity contribution in [3.05, 3.63) is 64.5 Å². The van der Waals surface area contributed by atoms with Crippen LogP contribution in [0.3, 0.4) is 0 Å². The number of sulfonamides is 1. The van der Waals surface area contributed by atoms with E-state index in [-0.39, 0.29) is 17.0 Å². The number of rotatable bonds is 8. The maximum Gasteiger partial charge on any atom is 0.265 e. The number of ether oxygens (including phenoxy) is 1. The lowest BCUT2D eigenvalue weighted by Gasteiger charge is -2.31. The molecule has 1 N–H and O–H groups in total. The Hall–Kier alpha value is -2.62. The van der Waals surface area contributed by atoms with E-state index < -0.39 is 10.0 Å². The van der Waals surface area contributed by atoms with E-state index in [0.717, 1.165) is 42.1 Å². The van der Waals surface area contributed by atoms with E-state index in [2.05, 4.69) is 36.0 Å². The van der Waals surface area contributed by atoms with Crippen LogP contribution in [0.4, 0.5) is 11.5 Å². The standard InChI is InChI=1S/C26H34N4O3S2/c1-19-14-23(10-11-24(19)28-21-12-13-29(16-21)26(2,3)4)35(31,32)30(25-17-34-18-27-25)15-20-6-8-22(33-5)9-7-20/h6-11,14,17-18,21,28H,12-13,15-16H2,1-5H3/t21-/m0/s1. The van der Waals surface area contributed by atoms with Gasteiger partial charge >= 0.3 is 0 Å². The van der Waals surface area contributed by atoms with Crippen LogP contribution in [0.25, 0.3) is 0 Å². The third-order valence-electron chi connectivity index (χ3n) is 6.44. The van der Waals surface area contributed by atoms with Crippen molar-refractivity contribution in [3.63, 3.8) is 0 Å². The molecule has 0 saturated carbocycles. The van der Waals surface area contributed by atoms with Crippen LogP contribution in [0.2, 0.25) is 0 Å². The van der Waals surface area contributed by atoms with Gasteiger partial charge in [-0.15, -0.1) is 11.3 Å². The third kappa shape index (κ3) is 5.79. The maximum atomic E-state index is 13.8. The van der Waals surface area contributed by atoms with Crippen LogP contribution in [0, 0.1) is 6.92 Å². The summed E-state index contributed by atoms with van der Waals surface area (Å²) in [5, 5.41) is 5.38. The Morgan fingerprint density at radius 1 is 1.20 bits per heavy atom. The number of thiazole rings is 1. The molecule has 0 radical (unpaired) electrons. The van der Waals surface area contributed by atoms with Gasteiger partial charge in [-0.1, -0.05) is 12.1 Å². The molecule has 1 atom stereocenters. The van der Waals surface area contributed by atoms with Gasteiger partial charge in [0.25, 0.3) is 10.0 Å². The van der Waals surface area contributed by atoms with Crippen molar-refractivity contribution in [2.24, 2.45) is 0 Å². The van der Waals surface area contributed by atoms with Crippen molar-refractivity contribution in [3.8, 4) is 5.75 Å². The highest BCUT2D eigenvalue weighted by Crippen LogP contribution is 2.30. The van der Waals surface area contributed by atoms with Crippen molar-refractivity contribution in [2.75, 3.05) is 29.8 Å². The van der Waals surface area contributed by atoms with Gasteiger partial charge in [-0.2, -0.15) is 0 Å². The van der Waals surface area contributed by atoms with E-state index in [9.17, 15) is 8.42 Å². The molecule has 4 rings (SSSR count). The molecule has 1 aliphatic heterocycles. The summed E-state index contributed by atoms with van der Waals surface area (Å²) >= 11 is 1.37. The lowest BCUT2D eigenvalue weighted by molar-refractivity contribution is 0.174. The van der Waals surface area contributed by atoms with Gasteiger partial charge in [0.15, 0.2) is 5.82 Å². The summed E-state index contributed by atoms with van der Waals surface area (Å²) in [6.45, 7) is 10.9. The molecule has 1 saturated heterocycles. The van der Waals surface area contributed by atoms with Gasteiger partial charge in [0.1, 0.15) is 5.75 Å². The SMILES string of the molecule is COc1ccc(CN(c2cscn2)S(=O)(=O)c2ccc(N[C@H]3CCN(C(C)(C)C)C3)c(C)c2)cc1. The molecule has 0 amide bonds. The van der Waals surface area contributed by atoms with Gasteiger partial charge in [0, 0.05) is 35.7 Å². The lowest BCUT2D eigenvalue weighted by atomic mass is 10.1. The van der Waals surface area contributed by atoms with E-state index in [1.54, 1.807) is 30.1 Å². The number of nitrogens with zero attached hydrogens (tertiary/aromatic N) is 3. The van der Waals surface area contributed by atoms with Crippen molar-refractivity contribution in [1.29, 1.82) is 0 Å². The predicted molar refractivity (Wildman–Crippen MR) is 143 cm³/mol. The second-order valence-electron chi connectivity index (χ2n) is 9.93. The molecule has 188 valence electrons. The molecule has 2 heterocycles. The van der Waals surface area contributed by atoms with E-state index in [4.69, 9.17) is 4.74 Å². The Bertz CT molecular complexity index is 1240. The van der Waals surface area contributed by atoms with Gasteiger partial charge in [0.05, 0.1) is 24.1 Å². The molecule has 0 bridgehead atoms. The molecule has 3 aromatic rings. The molecule has 0 spiro atoms. The average molecular weight is 515 g/mol. The minimum atomic E-state index is -3.82. The molecule has 1 aromatic heterocycles. The highest BCUT2D eigenvalue weighted by atomic mass is 32.2. The summed E-state index contributed by atoms with van der Waals surface area (Å²) in [7, 11) is -2.22. The number of hydrogen-bond acceptors (Lipinski definition) is 7. The zero-order valence-electron chi connectivity index (χ0n) is 21.0. The Labute approximate surface area is 212 Å². The monoisotopic (exact) mass is 514 g/mol. The number of methoxy groups -OCH3 is 1. The Morgan fingerprint density at radius 2 is 1.94 bits per heavy atom. The zero-order valence-corrected chi connectivity index (χ0v) is 22.6. The van der Waals surface area contributed by atoms with Crippen LogP contribution in [0.5, 0.6) is 5.75 Å². The zero-order chi connectivity index (χ0) is 25.2. The Balaban J connectivity index is 1.56. The molecular formula is C26H34N4O3S2. The number of anilines is 2. The number of nitrogens with one attached hydrogen (secondary N) is 1. The summed E-state index contributed by atoms with van der Waals surface area (Å²) < 4.78 is 34.1. The number of benzene rings is 2. The Kier molecular flexibility index (Phi) is 7.40. The minimum Gasteiger partial charge on any atom is -0.497 e. The fourth-order valence-electron chi connectivity index (χ4n) is 4.31. The van der Waals surface area contributed by atoms with Gasteiger partial charge < -0.3 is 10.1 Å². The fourth-order valence-corrected chi connectivity index (χ4v) is 6.40. The van der Waals surface area contributed by atoms with E-state index >= 15 is 0 Å². The Morgan fingerprint density at radius 3 is 2.51 bits per heavy atom. The topological polar surface area (TPSA) is 74.8 Å². The highest BCUT2D eigenvalue weighted by Gasteiger charge is 2.31. The average Bonchev–Trinajstić information content (AvgIpc) is 3.51. The highest BCUT2D eigenvalue weighted by molar-refractivity contribution is 7.92. The molecule has 35 heavy (non-hydrogen) atoms. The van der Waals surface area contributed by atoms with E-state index in [1.165, 1.54) is 15.6 Å². The van der Waals surface area contributed by atoms with Crippen LogP contribution in [0.1, 0.15) is 38.3 Å². The molecule has 7 nitrogen and oxygen atoms in total. The predicted octanol–water partition coefficient (Wildman–Crippen LogP) is 5.14. The quantitative estimate of drug-likeness (QED) is 0.449. The fraction of sp³-hybridized carbons (Fsp3) is 0.423. The molecule has 0 aliphatic carbocycles. The summed E-state index contributed by atoms with van der Waals surface area (Å²) in [6.07, 6.45) is 1.07.